The third-order valence-electron chi connectivity index (χ3n) is 4.86. The molecule has 0 amide bonds. The minimum atomic E-state index is -3.91. The molecule has 1 aromatic carbocycles. The fourth-order valence-corrected chi connectivity index (χ4v) is 4.56. The molecule has 8 heteroatoms. The van der Waals surface area contributed by atoms with Gasteiger partial charge in [-0.1, -0.05) is 6.07 Å². The van der Waals surface area contributed by atoms with E-state index in [-0.39, 0.29) is 23.5 Å². The second-order valence-corrected chi connectivity index (χ2v) is 8.83. The molecule has 0 heterocycles. The summed E-state index contributed by atoms with van der Waals surface area (Å²) in [6.07, 6.45) is 3.36. The van der Waals surface area contributed by atoms with Gasteiger partial charge in [-0.15, -0.1) is 0 Å². The topological polar surface area (TPSA) is 86.7 Å². The van der Waals surface area contributed by atoms with E-state index in [1.54, 1.807) is 13.0 Å². The van der Waals surface area contributed by atoms with E-state index in [1.807, 2.05) is 4.90 Å². The molecule has 2 N–H and O–H groups in total. The fourth-order valence-electron chi connectivity index (χ4n) is 3.24. The van der Waals surface area contributed by atoms with Crippen molar-refractivity contribution in [1.29, 1.82) is 0 Å². The number of carboxylic acids is 1. The molecule has 0 aromatic heterocycles. The molecule has 0 unspecified atom stereocenters. The van der Waals surface area contributed by atoms with Crippen molar-refractivity contribution in [1.82, 2.24) is 9.62 Å². The van der Waals surface area contributed by atoms with Crippen molar-refractivity contribution >= 4 is 16.0 Å². The van der Waals surface area contributed by atoms with Crippen molar-refractivity contribution in [2.24, 2.45) is 5.92 Å². The Hall–Kier alpha value is -1.51. The molecular weight excluding hydrogens is 347 g/mol. The lowest BCUT2D eigenvalue weighted by molar-refractivity contribution is -0.139. The minimum absolute atomic E-state index is 0.0206. The molecule has 0 aliphatic heterocycles. The van der Waals surface area contributed by atoms with E-state index >= 15 is 0 Å². The molecule has 1 aromatic rings. The van der Waals surface area contributed by atoms with Gasteiger partial charge in [0.2, 0.25) is 10.0 Å². The van der Waals surface area contributed by atoms with E-state index in [4.69, 9.17) is 5.11 Å². The normalized spacial score (nSPS) is 23.5. The lowest BCUT2D eigenvalue weighted by Gasteiger charge is -2.42. The summed E-state index contributed by atoms with van der Waals surface area (Å²) in [4.78, 5) is 12.6. The fraction of sp³-hybridized carbons (Fsp3) is 0.588. The number of hydrogen-bond acceptors (Lipinski definition) is 4. The van der Waals surface area contributed by atoms with Crippen molar-refractivity contribution in [3.63, 3.8) is 0 Å². The highest BCUT2D eigenvalue weighted by Gasteiger charge is 2.39. The Bertz CT molecular complexity index is 758. The summed E-state index contributed by atoms with van der Waals surface area (Å²) in [6, 6.07) is 3.80. The molecule has 0 saturated heterocycles. The molecule has 2 fully saturated rings. The molecule has 2 aliphatic rings. The Morgan fingerprint density at radius 2 is 2.04 bits per heavy atom. The van der Waals surface area contributed by atoms with E-state index in [9.17, 15) is 17.6 Å². The third kappa shape index (κ3) is 4.56. The van der Waals surface area contributed by atoms with Crippen LogP contribution in [0.1, 0.15) is 31.2 Å². The zero-order valence-electron chi connectivity index (χ0n) is 14.1. The van der Waals surface area contributed by atoms with Crippen molar-refractivity contribution < 1.29 is 22.7 Å². The minimum Gasteiger partial charge on any atom is -0.480 e. The zero-order chi connectivity index (χ0) is 18.2. The monoisotopic (exact) mass is 370 g/mol. The number of carboxylic acid groups (broad SMARTS) is 1. The number of aliphatic carboxylic acids is 1. The summed E-state index contributed by atoms with van der Waals surface area (Å²) >= 11 is 0. The molecule has 2 aliphatic carbocycles. The summed E-state index contributed by atoms with van der Waals surface area (Å²) in [5.41, 5.74) is 0.657. The number of hydrogen-bond donors (Lipinski definition) is 2. The third-order valence-corrected chi connectivity index (χ3v) is 6.41. The number of rotatable bonds is 8. The number of aryl methyl sites for hydroxylation is 1. The van der Waals surface area contributed by atoms with Gasteiger partial charge in [0.25, 0.3) is 0 Å². The molecule has 3 rings (SSSR count). The molecule has 6 nitrogen and oxygen atoms in total. The largest absolute Gasteiger partial charge is 0.480 e. The number of carbonyl (C=O) groups is 1. The molecular formula is C17H23FN2O4S. The van der Waals surface area contributed by atoms with Gasteiger partial charge < -0.3 is 5.11 Å². The van der Waals surface area contributed by atoms with Gasteiger partial charge in [0.1, 0.15) is 10.7 Å². The summed E-state index contributed by atoms with van der Waals surface area (Å²) in [6.45, 7) is 2.43. The van der Waals surface area contributed by atoms with Gasteiger partial charge in [-0.2, -0.15) is 0 Å². The van der Waals surface area contributed by atoms with Crippen LogP contribution in [-0.2, 0) is 14.8 Å². The van der Waals surface area contributed by atoms with Crippen LogP contribution >= 0.6 is 0 Å². The average Bonchev–Trinajstić information content (AvgIpc) is 3.24. The first kappa shape index (κ1) is 18.3. The smallest absolute Gasteiger partial charge is 0.317 e. The van der Waals surface area contributed by atoms with Crippen molar-refractivity contribution in [2.75, 3.05) is 13.1 Å². The standard InChI is InChI=1S/C17H23FN2O4S/c1-11-2-5-16(15(18)6-11)25(23,24)19-13-7-14(8-13)20(10-17(21)22)9-12-3-4-12/h2,5-6,12-14,19H,3-4,7-10H2,1H3,(H,21,22). The van der Waals surface area contributed by atoms with Crippen LogP contribution in [0, 0.1) is 18.7 Å². The van der Waals surface area contributed by atoms with Crippen LogP contribution in [0.15, 0.2) is 23.1 Å². The summed E-state index contributed by atoms with van der Waals surface area (Å²) in [7, 11) is -3.91. The van der Waals surface area contributed by atoms with E-state index in [1.165, 1.54) is 12.1 Å². The highest BCUT2D eigenvalue weighted by molar-refractivity contribution is 7.89. The van der Waals surface area contributed by atoms with Crippen molar-refractivity contribution in [3.8, 4) is 0 Å². The summed E-state index contributed by atoms with van der Waals surface area (Å²) in [5.74, 6) is -1.06. The first-order valence-electron chi connectivity index (χ1n) is 8.49. The van der Waals surface area contributed by atoms with Crippen LogP contribution in [-0.4, -0.2) is 49.6 Å². The quantitative estimate of drug-likeness (QED) is 0.728. The zero-order valence-corrected chi connectivity index (χ0v) is 14.9. The van der Waals surface area contributed by atoms with Crippen LogP contribution < -0.4 is 4.72 Å². The van der Waals surface area contributed by atoms with Crippen LogP contribution in [0.2, 0.25) is 0 Å². The van der Waals surface area contributed by atoms with Gasteiger partial charge in [-0.05, 0) is 56.2 Å². The van der Waals surface area contributed by atoms with Gasteiger partial charge >= 0.3 is 5.97 Å². The van der Waals surface area contributed by atoms with Gasteiger partial charge in [-0.25, -0.2) is 17.5 Å². The van der Waals surface area contributed by atoms with Gasteiger partial charge in [0.15, 0.2) is 0 Å². The summed E-state index contributed by atoms with van der Waals surface area (Å²) in [5, 5.41) is 9.04. The molecule has 2 saturated carbocycles. The maximum atomic E-state index is 13.9. The first-order chi connectivity index (χ1) is 11.7. The Kier molecular flexibility index (Phi) is 5.13. The van der Waals surface area contributed by atoms with Crippen LogP contribution in [0.3, 0.4) is 0 Å². The maximum Gasteiger partial charge on any atom is 0.317 e. The number of nitrogens with zero attached hydrogens (tertiary/aromatic N) is 1. The predicted octanol–water partition coefficient (Wildman–Crippen LogP) is 1.74. The second kappa shape index (κ2) is 7.01. The number of halogens is 1. The number of nitrogens with one attached hydrogen (secondary N) is 1. The van der Waals surface area contributed by atoms with E-state index < -0.39 is 21.8 Å². The average molecular weight is 370 g/mol. The van der Waals surface area contributed by atoms with E-state index in [2.05, 4.69) is 4.72 Å². The predicted molar refractivity (Wildman–Crippen MR) is 90.2 cm³/mol. The molecule has 0 bridgehead atoms. The molecule has 0 radical (unpaired) electrons. The molecule has 138 valence electrons. The highest BCUT2D eigenvalue weighted by Crippen LogP contribution is 2.34. The summed E-state index contributed by atoms with van der Waals surface area (Å²) < 4.78 is 41.2. The second-order valence-electron chi connectivity index (χ2n) is 7.14. The van der Waals surface area contributed by atoms with E-state index in [0.29, 0.717) is 24.3 Å². The Morgan fingerprint density at radius 3 is 2.60 bits per heavy atom. The SMILES string of the molecule is Cc1ccc(S(=O)(=O)NC2CC(N(CC(=O)O)CC3CC3)C2)c(F)c1. The Morgan fingerprint density at radius 1 is 1.36 bits per heavy atom. The van der Waals surface area contributed by atoms with Crippen molar-refractivity contribution in [2.45, 2.75) is 49.6 Å². The molecule has 0 spiro atoms. The Balaban J connectivity index is 1.59. The lowest BCUT2D eigenvalue weighted by Crippen LogP contribution is -2.55. The van der Waals surface area contributed by atoms with Crippen LogP contribution in [0.5, 0.6) is 0 Å². The molecule has 0 atom stereocenters. The molecule has 25 heavy (non-hydrogen) atoms. The first-order valence-corrected chi connectivity index (χ1v) is 9.97. The Labute approximate surface area is 147 Å². The maximum absolute atomic E-state index is 13.9. The van der Waals surface area contributed by atoms with E-state index in [0.717, 1.165) is 19.4 Å². The van der Waals surface area contributed by atoms with Crippen LogP contribution in [0.4, 0.5) is 4.39 Å². The van der Waals surface area contributed by atoms with Gasteiger partial charge in [-0.3, -0.25) is 9.69 Å². The van der Waals surface area contributed by atoms with Gasteiger partial charge in [0.05, 0.1) is 6.54 Å². The van der Waals surface area contributed by atoms with Gasteiger partial charge in [0, 0.05) is 18.6 Å². The lowest BCUT2D eigenvalue weighted by atomic mass is 9.86. The highest BCUT2D eigenvalue weighted by atomic mass is 32.2. The number of sulfonamides is 1. The van der Waals surface area contributed by atoms with Crippen molar-refractivity contribution in [3.05, 3.63) is 29.6 Å². The number of benzene rings is 1. The van der Waals surface area contributed by atoms with Crippen LogP contribution in [0.25, 0.3) is 0 Å².